The van der Waals surface area contributed by atoms with Gasteiger partial charge in [0, 0.05) is 5.41 Å². The van der Waals surface area contributed by atoms with Crippen molar-refractivity contribution < 1.29 is 4.92 Å². The van der Waals surface area contributed by atoms with Crippen molar-refractivity contribution in [3.05, 3.63) is 117 Å². The van der Waals surface area contributed by atoms with Crippen LogP contribution in [0.25, 0.3) is 21.5 Å². The molecule has 0 heterocycles. The first kappa shape index (κ1) is 23.3. The van der Waals surface area contributed by atoms with E-state index in [2.05, 4.69) is 54.6 Å². The lowest BCUT2D eigenvalue weighted by molar-refractivity contribution is -0.436. The van der Waals surface area contributed by atoms with Crippen molar-refractivity contribution in [3.63, 3.8) is 0 Å². The summed E-state index contributed by atoms with van der Waals surface area (Å²) < 4.78 is 0. The number of allylic oxidation sites excluding steroid dienone is 2. The summed E-state index contributed by atoms with van der Waals surface area (Å²) in [4.78, 5) is 11.0. The smallest absolute Gasteiger partial charge is 0.253 e. The number of hydrogen-bond donors (Lipinski definition) is 0. The fraction of sp³-hybridized carbons (Fsp3) is 0.312. The van der Waals surface area contributed by atoms with Crippen LogP contribution in [-0.2, 0) is 23.7 Å². The number of hydrogen-bond acceptors (Lipinski definition) is 2. The fourth-order valence-corrected chi connectivity index (χ4v) is 5.95. The summed E-state index contributed by atoms with van der Waals surface area (Å²) in [6.07, 6.45) is 7.00. The van der Waals surface area contributed by atoms with Gasteiger partial charge in [-0.25, -0.2) is 0 Å². The minimum Gasteiger partial charge on any atom is -0.259 e. The Balaban J connectivity index is 0.000000145. The third-order valence-electron chi connectivity index (χ3n) is 7.89. The molecule has 0 N–H and O–H groups in total. The van der Waals surface area contributed by atoms with Crippen LogP contribution < -0.4 is 0 Å². The lowest BCUT2D eigenvalue weighted by Gasteiger charge is -2.36. The van der Waals surface area contributed by atoms with Crippen LogP contribution in [0.15, 0.2) is 84.6 Å². The van der Waals surface area contributed by atoms with E-state index in [4.69, 9.17) is 0 Å². The second kappa shape index (κ2) is 8.64. The SMILES string of the molecule is CC1(C)C=C([N+](=O)[O-])C(C)(C)c2ccccc21.c1ccc2c(c1)ccc1c3c(ccc12)CCCC3. The minimum atomic E-state index is -0.532. The Morgan fingerprint density at radius 1 is 0.714 bits per heavy atom. The molecule has 3 heteroatoms. The van der Waals surface area contributed by atoms with E-state index in [1.54, 1.807) is 17.2 Å². The zero-order valence-electron chi connectivity index (χ0n) is 21.1. The maximum Gasteiger partial charge on any atom is 0.253 e. The van der Waals surface area contributed by atoms with Crippen LogP contribution >= 0.6 is 0 Å². The third kappa shape index (κ3) is 4.03. The molecule has 4 aromatic rings. The summed E-state index contributed by atoms with van der Waals surface area (Å²) in [7, 11) is 0. The summed E-state index contributed by atoms with van der Waals surface area (Å²) in [5.74, 6) is 0. The van der Waals surface area contributed by atoms with Gasteiger partial charge in [-0.15, -0.1) is 0 Å². The Labute approximate surface area is 207 Å². The maximum atomic E-state index is 11.2. The van der Waals surface area contributed by atoms with E-state index in [1.165, 1.54) is 52.8 Å². The topological polar surface area (TPSA) is 43.1 Å². The van der Waals surface area contributed by atoms with Crippen LogP contribution in [0.3, 0.4) is 0 Å². The van der Waals surface area contributed by atoms with Gasteiger partial charge in [-0.05, 0) is 89.4 Å². The first-order valence-corrected chi connectivity index (χ1v) is 12.6. The molecular formula is C32H33NO2. The average Bonchev–Trinajstić information content (AvgIpc) is 2.86. The molecule has 0 fully saturated rings. The van der Waals surface area contributed by atoms with Gasteiger partial charge < -0.3 is 0 Å². The highest BCUT2D eigenvalue weighted by molar-refractivity contribution is 6.08. The van der Waals surface area contributed by atoms with Crippen molar-refractivity contribution in [2.24, 2.45) is 0 Å². The zero-order valence-corrected chi connectivity index (χ0v) is 21.1. The molecule has 0 unspecified atom stereocenters. The lowest BCUT2D eigenvalue weighted by atomic mass is 9.66. The Hall–Kier alpha value is -3.46. The highest BCUT2D eigenvalue weighted by atomic mass is 16.6. The molecule has 0 spiro atoms. The zero-order chi connectivity index (χ0) is 24.8. The molecule has 3 nitrogen and oxygen atoms in total. The third-order valence-corrected chi connectivity index (χ3v) is 7.89. The number of nitro groups is 1. The van der Waals surface area contributed by atoms with Crippen molar-refractivity contribution in [2.75, 3.05) is 0 Å². The minimum absolute atomic E-state index is 0.252. The van der Waals surface area contributed by atoms with Crippen molar-refractivity contribution in [1.82, 2.24) is 0 Å². The van der Waals surface area contributed by atoms with E-state index in [9.17, 15) is 10.1 Å². The molecule has 6 rings (SSSR count). The first-order chi connectivity index (χ1) is 16.7. The number of rotatable bonds is 1. The van der Waals surface area contributed by atoms with Gasteiger partial charge in [0.05, 0.1) is 10.3 Å². The molecule has 0 aliphatic heterocycles. The molecular weight excluding hydrogens is 430 g/mol. The lowest BCUT2D eigenvalue weighted by Crippen LogP contribution is -2.35. The Bertz CT molecular complexity index is 1480. The standard InChI is InChI=1S/C18H16.C14H17NO2/c1-3-7-15-13(5-1)9-11-18-16-8-4-2-6-14(16)10-12-17(15)18;1-13(2)9-12(15(16)17)14(3,4)11-8-6-5-7-10(11)13/h1,3,5,7,9-12H,2,4,6,8H2;5-9H,1-4H3. The van der Waals surface area contributed by atoms with Crippen LogP contribution in [-0.4, -0.2) is 4.92 Å². The van der Waals surface area contributed by atoms with Gasteiger partial charge in [-0.1, -0.05) is 86.6 Å². The molecule has 0 saturated carbocycles. The predicted molar refractivity (Wildman–Crippen MR) is 146 cm³/mol. The van der Waals surface area contributed by atoms with Crippen LogP contribution in [0.4, 0.5) is 0 Å². The van der Waals surface area contributed by atoms with Crippen LogP contribution in [0.5, 0.6) is 0 Å². The Kier molecular flexibility index (Phi) is 5.75. The molecule has 0 bridgehead atoms. The average molecular weight is 464 g/mol. The molecule has 0 atom stereocenters. The molecule has 178 valence electrons. The number of benzene rings is 4. The van der Waals surface area contributed by atoms with E-state index in [0.717, 1.165) is 5.56 Å². The largest absolute Gasteiger partial charge is 0.259 e. The molecule has 35 heavy (non-hydrogen) atoms. The molecule has 0 aromatic heterocycles. The van der Waals surface area contributed by atoms with E-state index in [-0.39, 0.29) is 10.3 Å². The quantitative estimate of drug-likeness (QED) is 0.162. The van der Waals surface area contributed by atoms with Gasteiger partial charge in [0.2, 0.25) is 0 Å². The van der Waals surface area contributed by atoms with Gasteiger partial charge >= 0.3 is 0 Å². The van der Waals surface area contributed by atoms with Gasteiger partial charge in [0.1, 0.15) is 0 Å². The summed E-state index contributed by atoms with van der Waals surface area (Å²) in [5, 5.41) is 16.8. The van der Waals surface area contributed by atoms with Crippen LogP contribution in [0, 0.1) is 10.1 Å². The van der Waals surface area contributed by atoms with Gasteiger partial charge in [-0.2, -0.15) is 0 Å². The Morgan fingerprint density at radius 2 is 1.37 bits per heavy atom. The highest BCUT2D eigenvalue weighted by Gasteiger charge is 2.44. The molecule has 0 amide bonds. The second-order valence-electron chi connectivity index (χ2n) is 11.0. The summed E-state index contributed by atoms with van der Waals surface area (Å²) in [5.41, 5.74) is 4.88. The van der Waals surface area contributed by atoms with Crippen molar-refractivity contribution in [3.8, 4) is 0 Å². The summed E-state index contributed by atoms with van der Waals surface area (Å²) >= 11 is 0. The molecule has 2 aliphatic rings. The number of aryl methyl sites for hydroxylation is 2. The number of fused-ring (bicyclic) bond motifs is 6. The summed E-state index contributed by atoms with van der Waals surface area (Å²) in [6.45, 7) is 7.86. The molecule has 4 aromatic carbocycles. The second-order valence-corrected chi connectivity index (χ2v) is 11.0. The summed E-state index contributed by atoms with van der Waals surface area (Å²) in [6, 6.07) is 26.0. The van der Waals surface area contributed by atoms with E-state index in [0.29, 0.717) is 5.70 Å². The van der Waals surface area contributed by atoms with Crippen molar-refractivity contribution in [1.29, 1.82) is 0 Å². The van der Waals surface area contributed by atoms with Gasteiger partial charge in [0.25, 0.3) is 5.70 Å². The number of nitrogens with zero attached hydrogens (tertiary/aromatic N) is 1. The maximum absolute atomic E-state index is 11.2. The molecule has 0 saturated heterocycles. The van der Waals surface area contributed by atoms with Crippen LogP contribution in [0.2, 0.25) is 0 Å². The van der Waals surface area contributed by atoms with Crippen molar-refractivity contribution in [2.45, 2.75) is 64.2 Å². The van der Waals surface area contributed by atoms with Gasteiger partial charge in [-0.3, -0.25) is 10.1 Å². The molecule has 2 aliphatic carbocycles. The monoisotopic (exact) mass is 463 g/mol. The Morgan fingerprint density at radius 3 is 2.14 bits per heavy atom. The normalized spacial score (nSPS) is 17.5. The van der Waals surface area contributed by atoms with E-state index in [1.807, 2.05) is 45.9 Å². The molecule has 0 radical (unpaired) electrons. The van der Waals surface area contributed by atoms with Crippen LogP contribution in [0.1, 0.15) is 62.8 Å². The van der Waals surface area contributed by atoms with Gasteiger partial charge in [0.15, 0.2) is 0 Å². The highest BCUT2D eigenvalue weighted by Crippen LogP contribution is 2.45. The van der Waals surface area contributed by atoms with Crippen molar-refractivity contribution >= 4 is 21.5 Å². The first-order valence-electron chi connectivity index (χ1n) is 12.6. The predicted octanol–water partition coefficient (Wildman–Crippen LogP) is 8.29. The fourth-order valence-electron chi connectivity index (χ4n) is 5.95. The van der Waals surface area contributed by atoms with E-state index >= 15 is 0 Å². The van der Waals surface area contributed by atoms with E-state index < -0.39 is 5.41 Å².